The number of halogens is 1. The fraction of sp³-hybridized carbons (Fsp3) is 0.200. The van der Waals surface area contributed by atoms with Crippen LogP contribution in [0.4, 0.5) is 10.1 Å². The fourth-order valence-corrected chi connectivity index (χ4v) is 2.18. The van der Waals surface area contributed by atoms with Crippen LogP contribution >= 0.6 is 12.2 Å². The van der Waals surface area contributed by atoms with Gasteiger partial charge in [-0.05, 0) is 48.7 Å². The first-order valence-corrected chi connectivity index (χ1v) is 6.72. The number of hydrogen-bond donors (Lipinski definition) is 2. The van der Waals surface area contributed by atoms with Gasteiger partial charge in [-0.15, -0.1) is 0 Å². The van der Waals surface area contributed by atoms with Crippen molar-refractivity contribution in [1.29, 1.82) is 0 Å². The average molecular weight is 289 g/mol. The van der Waals surface area contributed by atoms with Crippen LogP contribution in [0.5, 0.6) is 0 Å². The minimum absolute atomic E-state index is 0.206. The number of nitrogens with two attached hydrogens (primary N) is 1. The van der Waals surface area contributed by atoms with E-state index in [4.69, 9.17) is 18.0 Å². The van der Waals surface area contributed by atoms with Crippen molar-refractivity contribution in [3.05, 3.63) is 59.2 Å². The third-order valence-electron chi connectivity index (χ3n) is 3.06. The number of anilines is 1. The third kappa shape index (κ3) is 3.51. The van der Waals surface area contributed by atoms with E-state index in [1.807, 2.05) is 25.1 Å². The Labute approximate surface area is 123 Å². The number of aromatic nitrogens is 1. The van der Waals surface area contributed by atoms with Gasteiger partial charge in [0.25, 0.3) is 0 Å². The van der Waals surface area contributed by atoms with E-state index >= 15 is 0 Å². The van der Waals surface area contributed by atoms with Gasteiger partial charge in [0.15, 0.2) is 0 Å². The molecule has 0 radical (unpaired) electrons. The highest BCUT2D eigenvalue weighted by Crippen LogP contribution is 2.14. The summed E-state index contributed by atoms with van der Waals surface area (Å²) < 4.78 is 13.0. The number of hydrogen-bond acceptors (Lipinski definition) is 3. The van der Waals surface area contributed by atoms with Crippen molar-refractivity contribution in [1.82, 2.24) is 4.98 Å². The first-order chi connectivity index (χ1) is 9.58. The molecule has 20 heavy (non-hydrogen) atoms. The van der Waals surface area contributed by atoms with Crippen molar-refractivity contribution in [3.8, 4) is 0 Å². The molecule has 0 amide bonds. The normalized spacial score (nSPS) is 10.3. The number of aryl methyl sites for hydroxylation is 1. The van der Waals surface area contributed by atoms with Crippen LogP contribution in [0, 0.1) is 12.7 Å². The van der Waals surface area contributed by atoms with Crippen LogP contribution < -0.4 is 11.1 Å². The molecule has 3 nitrogen and oxygen atoms in total. The van der Waals surface area contributed by atoms with Crippen molar-refractivity contribution in [2.45, 2.75) is 13.3 Å². The largest absolute Gasteiger partial charge is 0.388 e. The van der Waals surface area contributed by atoms with Crippen molar-refractivity contribution in [3.63, 3.8) is 0 Å². The van der Waals surface area contributed by atoms with Crippen molar-refractivity contribution >= 4 is 22.9 Å². The Balaban J connectivity index is 2.01. The second kappa shape index (κ2) is 6.43. The Morgan fingerprint density at radius 2 is 2.20 bits per heavy atom. The number of thiocarbonyl (C=S) groups is 1. The third-order valence-corrected chi connectivity index (χ3v) is 3.25. The van der Waals surface area contributed by atoms with E-state index in [0.29, 0.717) is 12.2 Å². The zero-order valence-corrected chi connectivity index (χ0v) is 12.0. The molecule has 0 aliphatic heterocycles. The van der Waals surface area contributed by atoms with Gasteiger partial charge in [0.2, 0.25) is 0 Å². The Bertz CT molecular complexity index is 628. The molecule has 0 saturated carbocycles. The maximum atomic E-state index is 13.0. The maximum absolute atomic E-state index is 13.0. The van der Waals surface area contributed by atoms with Crippen molar-refractivity contribution in [2.24, 2.45) is 5.73 Å². The highest BCUT2D eigenvalue weighted by molar-refractivity contribution is 7.80. The molecule has 1 heterocycles. The maximum Gasteiger partial charge on any atom is 0.124 e. The van der Waals surface area contributed by atoms with Gasteiger partial charge in [0.05, 0.1) is 5.69 Å². The predicted molar refractivity (Wildman–Crippen MR) is 83.5 cm³/mol. The van der Waals surface area contributed by atoms with Crippen LogP contribution in [0.2, 0.25) is 0 Å². The molecule has 0 spiro atoms. The molecule has 1 aromatic carbocycles. The van der Waals surface area contributed by atoms with Gasteiger partial charge < -0.3 is 11.1 Å². The van der Waals surface area contributed by atoms with Crippen molar-refractivity contribution in [2.75, 3.05) is 11.9 Å². The van der Waals surface area contributed by atoms with Gasteiger partial charge in [0, 0.05) is 12.7 Å². The summed E-state index contributed by atoms with van der Waals surface area (Å²) in [5.41, 5.74) is 9.10. The van der Waals surface area contributed by atoms with Gasteiger partial charge in [-0.2, -0.15) is 0 Å². The summed E-state index contributed by atoms with van der Waals surface area (Å²) in [6.45, 7) is 2.61. The number of nitrogens with zero attached hydrogens (tertiary/aromatic N) is 1. The lowest BCUT2D eigenvalue weighted by atomic mass is 10.1. The van der Waals surface area contributed by atoms with E-state index in [-0.39, 0.29) is 10.8 Å². The Morgan fingerprint density at radius 3 is 2.90 bits per heavy atom. The van der Waals surface area contributed by atoms with E-state index < -0.39 is 0 Å². The molecule has 104 valence electrons. The minimum atomic E-state index is -0.206. The fourth-order valence-electron chi connectivity index (χ4n) is 2.02. The average Bonchev–Trinajstić information content (AvgIpc) is 2.41. The van der Waals surface area contributed by atoms with Crippen LogP contribution in [0.3, 0.4) is 0 Å². The Kier molecular flexibility index (Phi) is 4.63. The molecule has 2 rings (SSSR count). The lowest BCUT2D eigenvalue weighted by Crippen LogP contribution is -2.16. The molecule has 0 aliphatic carbocycles. The summed E-state index contributed by atoms with van der Waals surface area (Å²) in [4.78, 5) is 4.42. The SMILES string of the molecule is Cc1cc(F)ccc1CCNc1cccnc1C(N)=S. The number of pyridine rings is 1. The predicted octanol–water partition coefficient (Wildman–Crippen LogP) is 2.82. The van der Waals surface area contributed by atoms with E-state index in [0.717, 1.165) is 23.2 Å². The molecule has 2 aromatic rings. The van der Waals surface area contributed by atoms with Gasteiger partial charge in [-0.1, -0.05) is 18.3 Å². The second-order valence-corrected chi connectivity index (χ2v) is 4.95. The zero-order valence-electron chi connectivity index (χ0n) is 11.2. The van der Waals surface area contributed by atoms with Gasteiger partial charge in [-0.25, -0.2) is 4.39 Å². The standard InChI is InChI=1S/C15H16FN3S/c1-10-9-12(16)5-4-11(10)6-8-18-13-3-2-7-19-14(13)15(17)20/h2-5,7,9,18H,6,8H2,1H3,(H2,17,20). The van der Waals surface area contributed by atoms with Gasteiger partial charge >= 0.3 is 0 Å². The zero-order chi connectivity index (χ0) is 14.5. The second-order valence-electron chi connectivity index (χ2n) is 4.51. The first-order valence-electron chi connectivity index (χ1n) is 6.31. The van der Waals surface area contributed by atoms with E-state index in [9.17, 15) is 4.39 Å². The molecular weight excluding hydrogens is 273 g/mol. The van der Waals surface area contributed by atoms with Gasteiger partial charge in [0.1, 0.15) is 16.5 Å². The molecule has 5 heteroatoms. The smallest absolute Gasteiger partial charge is 0.124 e. The highest BCUT2D eigenvalue weighted by atomic mass is 32.1. The van der Waals surface area contributed by atoms with E-state index in [2.05, 4.69) is 10.3 Å². The summed E-state index contributed by atoms with van der Waals surface area (Å²) in [5, 5.41) is 3.26. The molecule has 0 bridgehead atoms. The highest BCUT2D eigenvalue weighted by Gasteiger charge is 2.06. The quantitative estimate of drug-likeness (QED) is 0.831. The van der Waals surface area contributed by atoms with Crippen LogP contribution in [0.15, 0.2) is 36.5 Å². The molecular formula is C15H16FN3S. The monoisotopic (exact) mass is 289 g/mol. The number of rotatable bonds is 5. The Hall–Kier alpha value is -2.01. The summed E-state index contributed by atoms with van der Waals surface area (Å²) in [6.07, 6.45) is 2.45. The minimum Gasteiger partial charge on any atom is -0.388 e. The molecule has 0 atom stereocenters. The molecule has 1 aromatic heterocycles. The lowest BCUT2D eigenvalue weighted by Gasteiger charge is -2.11. The van der Waals surface area contributed by atoms with Gasteiger partial charge in [-0.3, -0.25) is 4.98 Å². The Morgan fingerprint density at radius 1 is 1.40 bits per heavy atom. The van der Waals surface area contributed by atoms with Crippen LogP contribution in [0.1, 0.15) is 16.8 Å². The molecule has 0 saturated heterocycles. The summed E-state index contributed by atoms with van der Waals surface area (Å²) >= 11 is 4.96. The number of nitrogens with one attached hydrogen (secondary N) is 1. The summed E-state index contributed by atoms with van der Waals surface area (Å²) in [7, 11) is 0. The summed E-state index contributed by atoms with van der Waals surface area (Å²) in [6, 6.07) is 8.54. The van der Waals surface area contributed by atoms with Crippen molar-refractivity contribution < 1.29 is 4.39 Å². The van der Waals surface area contributed by atoms with Crippen LogP contribution in [-0.2, 0) is 6.42 Å². The summed E-state index contributed by atoms with van der Waals surface area (Å²) in [5.74, 6) is -0.206. The topological polar surface area (TPSA) is 50.9 Å². The molecule has 0 unspecified atom stereocenters. The molecule has 0 fully saturated rings. The molecule has 3 N–H and O–H groups in total. The van der Waals surface area contributed by atoms with E-state index in [1.165, 1.54) is 6.07 Å². The molecule has 0 aliphatic rings. The number of benzene rings is 1. The first kappa shape index (κ1) is 14.4. The lowest BCUT2D eigenvalue weighted by molar-refractivity contribution is 0.625. The van der Waals surface area contributed by atoms with E-state index in [1.54, 1.807) is 12.3 Å². The van der Waals surface area contributed by atoms with Crippen LogP contribution in [-0.4, -0.2) is 16.5 Å². The van der Waals surface area contributed by atoms with Crippen LogP contribution in [0.25, 0.3) is 0 Å².